The molecular weight excluding hydrogens is 184 g/mol. The molecule has 1 fully saturated rings. The number of hydrogen-bond acceptors (Lipinski definition) is 1. The van der Waals surface area contributed by atoms with E-state index in [0.29, 0.717) is 13.0 Å². The Labute approximate surface area is 85.3 Å². The van der Waals surface area contributed by atoms with E-state index in [0.717, 1.165) is 19.3 Å². The largest absolute Gasteiger partial charge is 0.306 e. The average Bonchev–Trinajstić information content (AvgIpc) is 2.08. The highest BCUT2D eigenvalue weighted by Crippen LogP contribution is 2.46. The number of alkyl halides is 2. The molecule has 0 radical (unpaired) electrons. The molecule has 0 aromatic rings. The third-order valence-electron chi connectivity index (χ3n) is 3.70. The van der Waals surface area contributed by atoms with Gasteiger partial charge in [-0.1, -0.05) is 33.6 Å². The van der Waals surface area contributed by atoms with E-state index in [-0.39, 0.29) is 5.41 Å². The Morgan fingerprint density at radius 1 is 1.21 bits per heavy atom. The second kappa shape index (κ2) is 4.13. The van der Waals surface area contributed by atoms with Gasteiger partial charge in [-0.15, -0.1) is 0 Å². The Morgan fingerprint density at radius 2 is 1.79 bits per heavy atom. The second-order valence-corrected chi connectivity index (χ2v) is 4.89. The minimum atomic E-state index is -2.27. The van der Waals surface area contributed by atoms with Crippen molar-refractivity contribution in [2.75, 3.05) is 6.54 Å². The summed E-state index contributed by atoms with van der Waals surface area (Å²) in [6.45, 7) is 6.44. The summed E-state index contributed by atoms with van der Waals surface area (Å²) in [6.07, 6.45) is 1.22. The first-order valence-corrected chi connectivity index (χ1v) is 5.49. The van der Waals surface area contributed by atoms with Crippen LogP contribution in [0, 0.1) is 5.41 Å². The maximum Gasteiger partial charge on any atom is 0.257 e. The lowest BCUT2D eigenvalue weighted by Crippen LogP contribution is -2.62. The van der Waals surface area contributed by atoms with Gasteiger partial charge >= 0.3 is 0 Å². The standard InChI is InChI=1S/C11H21F2N/c1-4-14-11(9(12)13)8-6-5-7-10(11,2)3/h9,14H,4-8H2,1-3H3. The highest BCUT2D eigenvalue weighted by Gasteiger charge is 2.52. The van der Waals surface area contributed by atoms with Crippen molar-refractivity contribution in [1.82, 2.24) is 5.32 Å². The highest BCUT2D eigenvalue weighted by molar-refractivity contribution is 5.04. The zero-order valence-corrected chi connectivity index (χ0v) is 9.37. The van der Waals surface area contributed by atoms with Gasteiger partial charge in [-0.2, -0.15) is 0 Å². The van der Waals surface area contributed by atoms with E-state index in [4.69, 9.17) is 0 Å². The van der Waals surface area contributed by atoms with Gasteiger partial charge in [0.25, 0.3) is 6.43 Å². The van der Waals surface area contributed by atoms with Gasteiger partial charge in [0.2, 0.25) is 0 Å². The Morgan fingerprint density at radius 3 is 2.21 bits per heavy atom. The van der Waals surface area contributed by atoms with Crippen molar-refractivity contribution < 1.29 is 8.78 Å². The van der Waals surface area contributed by atoms with Crippen molar-refractivity contribution in [2.24, 2.45) is 5.41 Å². The zero-order chi connectivity index (χ0) is 10.8. The molecule has 1 aliphatic rings. The molecule has 14 heavy (non-hydrogen) atoms. The Bertz CT molecular complexity index is 188. The fourth-order valence-electron chi connectivity index (χ4n) is 2.66. The Kier molecular flexibility index (Phi) is 3.51. The van der Waals surface area contributed by atoms with E-state index >= 15 is 0 Å². The van der Waals surface area contributed by atoms with E-state index < -0.39 is 12.0 Å². The fourth-order valence-corrected chi connectivity index (χ4v) is 2.66. The van der Waals surface area contributed by atoms with Gasteiger partial charge in [-0.05, 0) is 24.8 Å². The van der Waals surface area contributed by atoms with Crippen LogP contribution in [-0.2, 0) is 0 Å². The smallest absolute Gasteiger partial charge is 0.257 e. The predicted octanol–water partition coefficient (Wildman–Crippen LogP) is 3.20. The molecule has 0 bridgehead atoms. The second-order valence-electron chi connectivity index (χ2n) is 4.89. The van der Waals surface area contributed by atoms with E-state index in [2.05, 4.69) is 5.32 Å². The van der Waals surface area contributed by atoms with Crippen molar-refractivity contribution in [3.05, 3.63) is 0 Å². The summed E-state index contributed by atoms with van der Waals surface area (Å²) in [4.78, 5) is 0. The average molecular weight is 205 g/mol. The summed E-state index contributed by atoms with van der Waals surface area (Å²) in [5.41, 5.74) is -1.25. The van der Waals surface area contributed by atoms with Crippen LogP contribution in [0.2, 0.25) is 0 Å². The molecule has 0 heterocycles. The van der Waals surface area contributed by atoms with Crippen molar-refractivity contribution in [2.45, 2.75) is 58.4 Å². The first kappa shape index (κ1) is 11.9. The molecule has 3 heteroatoms. The molecule has 1 nitrogen and oxygen atoms in total. The molecule has 1 aliphatic carbocycles. The normalized spacial score (nSPS) is 32.1. The van der Waals surface area contributed by atoms with Crippen LogP contribution < -0.4 is 5.32 Å². The fraction of sp³-hybridized carbons (Fsp3) is 1.00. The molecule has 0 amide bonds. The minimum absolute atomic E-state index is 0.296. The van der Waals surface area contributed by atoms with Crippen LogP contribution >= 0.6 is 0 Å². The van der Waals surface area contributed by atoms with Gasteiger partial charge < -0.3 is 5.32 Å². The first-order valence-electron chi connectivity index (χ1n) is 5.49. The molecule has 0 spiro atoms. The molecule has 1 atom stereocenters. The molecule has 1 rings (SSSR count). The van der Waals surface area contributed by atoms with Gasteiger partial charge in [0.05, 0.1) is 5.54 Å². The molecule has 84 valence electrons. The van der Waals surface area contributed by atoms with Crippen LogP contribution in [-0.4, -0.2) is 18.5 Å². The molecule has 0 aromatic carbocycles. The van der Waals surface area contributed by atoms with Crippen molar-refractivity contribution in [3.63, 3.8) is 0 Å². The lowest BCUT2D eigenvalue weighted by atomic mass is 9.63. The molecule has 0 aromatic heterocycles. The summed E-state index contributed by atoms with van der Waals surface area (Å²) in [5.74, 6) is 0. The molecule has 1 saturated carbocycles. The maximum absolute atomic E-state index is 13.2. The maximum atomic E-state index is 13.2. The Hall–Kier alpha value is -0.180. The summed E-state index contributed by atoms with van der Waals surface area (Å²) in [7, 11) is 0. The van der Waals surface area contributed by atoms with Crippen LogP contribution in [0.25, 0.3) is 0 Å². The summed E-state index contributed by atoms with van der Waals surface area (Å²) >= 11 is 0. The van der Waals surface area contributed by atoms with E-state index in [1.165, 1.54) is 0 Å². The van der Waals surface area contributed by atoms with Gasteiger partial charge in [0.1, 0.15) is 0 Å². The molecular formula is C11H21F2N. The van der Waals surface area contributed by atoms with Crippen LogP contribution in [0.15, 0.2) is 0 Å². The third kappa shape index (κ3) is 1.79. The molecule has 1 unspecified atom stereocenters. The van der Waals surface area contributed by atoms with Gasteiger partial charge in [0, 0.05) is 0 Å². The van der Waals surface area contributed by atoms with E-state index in [1.807, 2.05) is 20.8 Å². The molecule has 0 aliphatic heterocycles. The summed E-state index contributed by atoms with van der Waals surface area (Å²) in [6, 6.07) is 0. The predicted molar refractivity (Wildman–Crippen MR) is 54.7 cm³/mol. The molecule has 0 saturated heterocycles. The quantitative estimate of drug-likeness (QED) is 0.746. The number of nitrogens with one attached hydrogen (secondary N) is 1. The topological polar surface area (TPSA) is 12.0 Å². The summed E-state index contributed by atoms with van der Waals surface area (Å²) < 4.78 is 26.4. The minimum Gasteiger partial charge on any atom is -0.306 e. The van der Waals surface area contributed by atoms with Crippen LogP contribution in [0.4, 0.5) is 8.78 Å². The van der Waals surface area contributed by atoms with Crippen molar-refractivity contribution in [3.8, 4) is 0 Å². The van der Waals surface area contributed by atoms with Crippen molar-refractivity contribution in [1.29, 1.82) is 0 Å². The third-order valence-corrected chi connectivity index (χ3v) is 3.70. The van der Waals surface area contributed by atoms with Crippen LogP contribution in [0.5, 0.6) is 0 Å². The zero-order valence-electron chi connectivity index (χ0n) is 9.37. The number of hydrogen-bond donors (Lipinski definition) is 1. The van der Waals surface area contributed by atoms with E-state index in [9.17, 15) is 8.78 Å². The van der Waals surface area contributed by atoms with Gasteiger partial charge in [0.15, 0.2) is 0 Å². The highest BCUT2D eigenvalue weighted by atomic mass is 19.3. The van der Waals surface area contributed by atoms with Crippen LogP contribution in [0.3, 0.4) is 0 Å². The SMILES string of the molecule is CCNC1(C(F)F)CCCCC1(C)C. The van der Waals surface area contributed by atoms with Gasteiger partial charge in [-0.25, -0.2) is 8.78 Å². The Balaban J connectivity index is 2.92. The summed E-state index contributed by atoms with van der Waals surface area (Å²) in [5, 5.41) is 3.04. The lowest BCUT2D eigenvalue weighted by molar-refractivity contribution is -0.0671. The lowest BCUT2D eigenvalue weighted by Gasteiger charge is -2.50. The van der Waals surface area contributed by atoms with Gasteiger partial charge in [-0.3, -0.25) is 0 Å². The number of rotatable bonds is 3. The van der Waals surface area contributed by atoms with Crippen molar-refractivity contribution >= 4 is 0 Å². The van der Waals surface area contributed by atoms with E-state index in [1.54, 1.807) is 0 Å². The number of halogens is 2. The van der Waals surface area contributed by atoms with Crippen LogP contribution in [0.1, 0.15) is 46.5 Å². The molecule has 1 N–H and O–H groups in total. The monoisotopic (exact) mass is 205 g/mol. The first-order chi connectivity index (χ1) is 6.46.